The van der Waals surface area contributed by atoms with Crippen molar-refractivity contribution >= 4 is 16.7 Å². The summed E-state index contributed by atoms with van der Waals surface area (Å²) in [5, 5.41) is 14.2. The maximum Gasteiger partial charge on any atom is 0.255 e. The zero-order valence-electron chi connectivity index (χ0n) is 15.2. The zero-order valence-corrected chi connectivity index (χ0v) is 15.2. The van der Waals surface area contributed by atoms with Gasteiger partial charge in [-0.2, -0.15) is 0 Å². The quantitative estimate of drug-likeness (QED) is 0.577. The van der Waals surface area contributed by atoms with Crippen molar-refractivity contribution in [3.63, 3.8) is 0 Å². The maximum atomic E-state index is 12.8. The van der Waals surface area contributed by atoms with Gasteiger partial charge in [-0.1, -0.05) is 12.1 Å². The second-order valence-corrected chi connectivity index (χ2v) is 6.70. The van der Waals surface area contributed by atoms with Gasteiger partial charge >= 0.3 is 0 Å². The highest BCUT2D eigenvalue weighted by Gasteiger charge is 2.27. The first kappa shape index (κ1) is 17.2. The van der Waals surface area contributed by atoms with Gasteiger partial charge < -0.3 is 24.8 Å². The minimum Gasteiger partial charge on any atom is -0.508 e. The molecular formula is C21H20N2O4. The number of hydrogen-bond donors (Lipinski definition) is 2. The largest absolute Gasteiger partial charge is 0.508 e. The van der Waals surface area contributed by atoms with Gasteiger partial charge in [0.15, 0.2) is 23.0 Å². The standard InChI is InChI=1S/C21H20N2O4/c1-23(2)10-9-22-21(25)16-12-13-11-14(24)7-8-15(13)19-20(16)27-18-6-4-3-5-17(18)26-19/h3-8,11-12,24H,9-10H2,1-2H3,(H,22,25). The lowest BCUT2D eigenvalue weighted by Crippen LogP contribution is -2.31. The smallest absolute Gasteiger partial charge is 0.255 e. The summed E-state index contributed by atoms with van der Waals surface area (Å²) in [6.45, 7) is 1.23. The number of nitrogens with zero attached hydrogens (tertiary/aromatic N) is 1. The highest BCUT2D eigenvalue weighted by Crippen LogP contribution is 2.50. The summed E-state index contributed by atoms with van der Waals surface area (Å²) < 4.78 is 12.1. The molecule has 6 nitrogen and oxygen atoms in total. The molecule has 3 aromatic carbocycles. The normalized spacial score (nSPS) is 12.1. The number of aromatic hydroxyl groups is 1. The Morgan fingerprint density at radius 1 is 1.04 bits per heavy atom. The molecule has 0 atom stereocenters. The van der Waals surface area contributed by atoms with Crippen molar-refractivity contribution in [2.45, 2.75) is 0 Å². The first-order valence-electron chi connectivity index (χ1n) is 8.70. The molecular weight excluding hydrogens is 344 g/mol. The van der Waals surface area contributed by atoms with E-state index in [9.17, 15) is 9.90 Å². The number of carbonyl (C=O) groups is 1. The summed E-state index contributed by atoms with van der Waals surface area (Å²) >= 11 is 0. The lowest BCUT2D eigenvalue weighted by molar-refractivity contribution is 0.0948. The molecule has 0 saturated carbocycles. The highest BCUT2D eigenvalue weighted by molar-refractivity contribution is 6.05. The van der Waals surface area contributed by atoms with E-state index in [2.05, 4.69) is 5.32 Å². The molecule has 27 heavy (non-hydrogen) atoms. The number of hydrogen-bond acceptors (Lipinski definition) is 5. The van der Waals surface area contributed by atoms with Crippen LogP contribution < -0.4 is 14.8 Å². The summed E-state index contributed by atoms with van der Waals surface area (Å²) in [5.74, 6) is 1.88. The van der Waals surface area contributed by atoms with E-state index >= 15 is 0 Å². The molecule has 3 aromatic rings. The van der Waals surface area contributed by atoms with Gasteiger partial charge in [-0.15, -0.1) is 0 Å². The molecule has 0 radical (unpaired) electrons. The number of rotatable bonds is 4. The number of benzene rings is 3. The van der Waals surface area contributed by atoms with Crippen LogP contribution in [0.4, 0.5) is 0 Å². The number of fused-ring (bicyclic) bond motifs is 4. The van der Waals surface area contributed by atoms with Crippen LogP contribution in [0.25, 0.3) is 10.8 Å². The zero-order chi connectivity index (χ0) is 19.0. The van der Waals surface area contributed by atoms with E-state index in [1.807, 2.05) is 37.2 Å². The minimum atomic E-state index is -0.249. The Morgan fingerprint density at radius 2 is 1.74 bits per heavy atom. The SMILES string of the molecule is CN(C)CCNC(=O)c1cc2cc(O)ccc2c2c1Oc1ccccc1O2. The van der Waals surface area contributed by atoms with E-state index in [1.165, 1.54) is 0 Å². The topological polar surface area (TPSA) is 71.0 Å². The fraction of sp³-hybridized carbons (Fsp3) is 0.190. The van der Waals surface area contributed by atoms with Crippen LogP contribution in [0.5, 0.6) is 28.7 Å². The molecule has 0 aliphatic carbocycles. The van der Waals surface area contributed by atoms with Crippen LogP contribution in [0.1, 0.15) is 10.4 Å². The average molecular weight is 364 g/mol. The fourth-order valence-corrected chi connectivity index (χ4v) is 3.04. The van der Waals surface area contributed by atoms with Crippen LogP contribution in [0.2, 0.25) is 0 Å². The van der Waals surface area contributed by atoms with E-state index in [4.69, 9.17) is 9.47 Å². The van der Waals surface area contributed by atoms with E-state index in [-0.39, 0.29) is 11.7 Å². The van der Waals surface area contributed by atoms with E-state index in [0.717, 1.165) is 11.9 Å². The molecule has 138 valence electrons. The van der Waals surface area contributed by atoms with Crippen molar-refractivity contribution in [3.05, 3.63) is 54.1 Å². The van der Waals surface area contributed by atoms with Crippen molar-refractivity contribution in [2.24, 2.45) is 0 Å². The number of nitrogens with one attached hydrogen (secondary N) is 1. The van der Waals surface area contributed by atoms with Crippen LogP contribution >= 0.6 is 0 Å². The van der Waals surface area contributed by atoms with Crippen LogP contribution in [0, 0.1) is 0 Å². The van der Waals surface area contributed by atoms with Crippen molar-refractivity contribution in [1.29, 1.82) is 0 Å². The molecule has 1 aliphatic heterocycles. The Morgan fingerprint density at radius 3 is 2.44 bits per heavy atom. The Kier molecular flexibility index (Phi) is 4.33. The van der Waals surface area contributed by atoms with Gasteiger partial charge in [0.2, 0.25) is 0 Å². The van der Waals surface area contributed by atoms with Crippen LogP contribution in [-0.2, 0) is 0 Å². The predicted molar refractivity (Wildman–Crippen MR) is 103 cm³/mol. The number of phenolic OH excluding ortho intramolecular Hbond substituents is 1. The van der Waals surface area contributed by atoms with Gasteiger partial charge in [-0.05, 0) is 55.9 Å². The lowest BCUT2D eigenvalue weighted by Gasteiger charge is -2.24. The second-order valence-electron chi connectivity index (χ2n) is 6.70. The highest BCUT2D eigenvalue weighted by atomic mass is 16.6. The van der Waals surface area contributed by atoms with Gasteiger partial charge in [0, 0.05) is 18.5 Å². The van der Waals surface area contributed by atoms with Crippen LogP contribution in [0.15, 0.2) is 48.5 Å². The third-order valence-corrected chi connectivity index (χ3v) is 4.39. The van der Waals surface area contributed by atoms with E-state index in [0.29, 0.717) is 40.5 Å². The van der Waals surface area contributed by atoms with Crippen molar-refractivity contribution in [1.82, 2.24) is 10.2 Å². The Labute approximate surface area is 156 Å². The molecule has 4 rings (SSSR count). The first-order chi connectivity index (χ1) is 13.0. The Balaban J connectivity index is 1.81. The number of likely N-dealkylation sites (N-methyl/N-ethyl adjacent to an activating group) is 1. The van der Waals surface area contributed by atoms with Gasteiger partial charge in [0.25, 0.3) is 5.91 Å². The monoisotopic (exact) mass is 364 g/mol. The van der Waals surface area contributed by atoms with Crippen LogP contribution in [0.3, 0.4) is 0 Å². The fourth-order valence-electron chi connectivity index (χ4n) is 3.04. The Hall–Kier alpha value is -3.25. The number of amides is 1. The molecule has 1 aliphatic rings. The van der Waals surface area contributed by atoms with Gasteiger partial charge in [0.1, 0.15) is 5.75 Å². The number of para-hydroxylation sites is 2. The third-order valence-electron chi connectivity index (χ3n) is 4.39. The molecule has 0 bridgehead atoms. The summed E-state index contributed by atoms with van der Waals surface area (Å²) in [6.07, 6.45) is 0. The van der Waals surface area contributed by atoms with E-state index in [1.54, 1.807) is 30.3 Å². The lowest BCUT2D eigenvalue weighted by atomic mass is 10.0. The molecule has 0 fully saturated rings. The van der Waals surface area contributed by atoms with Crippen molar-refractivity contribution < 1.29 is 19.4 Å². The van der Waals surface area contributed by atoms with E-state index < -0.39 is 0 Å². The van der Waals surface area contributed by atoms with Crippen LogP contribution in [-0.4, -0.2) is 43.1 Å². The maximum absolute atomic E-state index is 12.8. The first-order valence-corrected chi connectivity index (χ1v) is 8.70. The molecule has 0 unspecified atom stereocenters. The number of phenols is 1. The molecule has 1 amide bonds. The predicted octanol–water partition coefficient (Wildman–Crippen LogP) is 3.73. The van der Waals surface area contributed by atoms with Crippen molar-refractivity contribution in [2.75, 3.05) is 27.2 Å². The summed E-state index contributed by atoms with van der Waals surface area (Å²) in [5.41, 5.74) is 0.372. The molecule has 0 saturated heterocycles. The van der Waals surface area contributed by atoms with Gasteiger partial charge in [-0.25, -0.2) is 0 Å². The number of ether oxygens (including phenoxy) is 2. The third kappa shape index (κ3) is 3.27. The van der Waals surface area contributed by atoms with Gasteiger partial charge in [-0.3, -0.25) is 4.79 Å². The molecule has 6 heteroatoms. The summed E-state index contributed by atoms with van der Waals surface area (Å²) in [6, 6.07) is 14.0. The molecule has 1 heterocycles. The molecule has 2 N–H and O–H groups in total. The summed E-state index contributed by atoms with van der Waals surface area (Å²) in [4.78, 5) is 14.8. The molecule has 0 spiro atoms. The van der Waals surface area contributed by atoms with Crippen molar-refractivity contribution in [3.8, 4) is 28.7 Å². The minimum absolute atomic E-state index is 0.124. The average Bonchev–Trinajstić information content (AvgIpc) is 2.65. The second kappa shape index (κ2) is 6.81. The number of carbonyl (C=O) groups excluding carboxylic acids is 1. The molecule has 0 aromatic heterocycles. The summed E-state index contributed by atoms with van der Waals surface area (Å²) in [7, 11) is 3.89. The Bertz CT molecular complexity index is 1030. The van der Waals surface area contributed by atoms with Gasteiger partial charge in [0.05, 0.1) is 5.56 Å².